The lowest BCUT2D eigenvalue weighted by Crippen LogP contribution is -2.25. The fourth-order valence-electron chi connectivity index (χ4n) is 4.43. The Bertz CT molecular complexity index is 1150. The molecule has 3 heterocycles. The van der Waals surface area contributed by atoms with Crippen molar-refractivity contribution in [1.82, 2.24) is 24.8 Å². The Morgan fingerprint density at radius 1 is 1.16 bits per heavy atom. The number of amides is 2. The molecule has 1 atom stereocenters. The lowest BCUT2D eigenvalue weighted by molar-refractivity contribution is -0.127. The predicted molar refractivity (Wildman–Crippen MR) is 123 cm³/mol. The Kier molecular flexibility index (Phi) is 6.26. The third-order valence-corrected chi connectivity index (χ3v) is 6.45. The maximum Gasteiger partial charge on any atom is 0.220 e. The minimum atomic E-state index is 0.0286. The third kappa shape index (κ3) is 4.66. The number of likely N-dealkylation sites (tertiary alicyclic amines) is 1. The van der Waals surface area contributed by atoms with Crippen molar-refractivity contribution >= 4 is 17.5 Å². The molecule has 0 bridgehead atoms. The highest BCUT2D eigenvalue weighted by atomic mass is 16.2. The molecule has 7 nitrogen and oxygen atoms in total. The zero-order valence-electron chi connectivity index (χ0n) is 19.3. The molecule has 1 saturated heterocycles. The van der Waals surface area contributed by atoms with E-state index in [1.54, 1.807) is 6.92 Å². The van der Waals surface area contributed by atoms with Crippen molar-refractivity contribution in [3.63, 3.8) is 0 Å². The monoisotopic (exact) mass is 433 g/mol. The summed E-state index contributed by atoms with van der Waals surface area (Å²) in [6.07, 6.45) is 1.96. The van der Waals surface area contributed by atoms with Crippen molar-refractivity contribution in [2.75, 3.05) is 13.1 Å². The van der Waals surface area contributed by atoms with E-state index in [0.717, 1.165) is 46.8 Å². The lowest BCUT2D eigenvalue weighted by Gasteiger charge is -2.12. The van der Waals surface area contributed by atoms with Crippen LogP contribution in [0.3, 0.4) is 0 Å². The molecule has 1 aliphatic heterocycles. The molecule has 0 aliphatic carbocycles. The van der Waals surface area contributed by atoms with E-state index in [-0.39, 0.29) is 17.7 Å². The van der Waals surface area contributed by atoms with Gasteiger partial charge in [0.15, 0.2) is 5.65 Å². The van der Waals surface area contributed by atoms with Crippen LogP contribution < -0.4 is 5.32 Å². The van der Waals surface area contributed by atoms with Gasteiger partial charge in [0.25, 0.3) is 0 Å². The van der Waals surface area contributed by atoms with Crippen molar-refractivity contribution in [3.05, 3.63) is 64.1 Å². The predicted octanol–water partition coefficient (Wildman–Crippen LogP) is 3.24. The molecular weight excluding hydrogens is 402 g/mol. The molecule has 1 fully saturated rings. The number of nitrogens with one attached hydrogen (secondary N) is 1. The molecule has 0 radical (unpaired) electrons. The van der Waals surface area contributed by atoms with E-state index in [1.807, 2.05) is 41.5 Å². The summed E-state index contributed by atoms with van der Waals surface area (Å²) >= 11 is 0. The van der Waals surface area contributed by atoms with Crippen LogP contribution >= 0.6 is 0 Å². The Morgan fingerprint density at radius 2 is 1.91 bits per heavy atom. The Hall–Kier alpha value is -3.22. The standard InChI is InChI=1S/C25H31N5O2/c1-16-5-7-20(8-6-16)14-26-25(32)10-9-22-17(2)27-24-13-23(28-30(24)18(22)3)21-11-12-29(15-21)19(4)31/h5-8,13,21H,9-12,14-15H2,1-4H3,(H,26,32)/t21-/m0/s1. The van der Waals surface area contributed by atoms with Crippen LogP contribution in [0.15, 0.2) is 30.3 Å². The molecule has 32 heavy (non-hydrogen) atoms. The molecule has 0 spiro atoms. The van der Waals surface area contributed by atoms with Crippen molar-refractivity contribution in [2.24, 2.45) is 0 Å². The van der Waals surface area contributed by atoms with E-state index >= 15 is 0 Å². The van der Waals surface area contributed by atoms with Gasteiger partial charge in [-0.15, -0.1) is 0 Å². The molecule has 0 unspecified atom stereocenters. The van der Waals surface area contributed by atoms with Crippen LogP contribution in [-0.2, 0) is 22.6 Å². The summed E-state index contributed by atoms with van der Waals surface area (Å²) in [6, 6.07) is 10.2. The minimum Gasteiger partial charge on any atom is -0.352 e. The third-order valence-electron chi connectivity index (χ3n) is 6.45. The van der Waals surface area contributed by atoms with Crippen LogP contribution in [0.4, 0.5) is 0 Å². The maximum atomic E-state index is 12.4. The molecule has 1 aromatic carbocycles. The molecule has 7 heteroatoms. The molecule has 4 rings (SSSR count). The molecule has 3 aromatic rings. The number of aryl methyl sites for hydroxylation is 3. The van der Waals surface area contributed by atoms with Crippen LogP contribution in [0.2, 0.25) is 0 Å². The highest BCUT2D eigenvalue weighted by Crippen LogP contribution is 2.28. The second kappa shape index (κ2) is 9.10. The van der Waals surface area contributed by atoms with E-state index in [9.17, 15) is 9.59 Å². The number of aromatic nitrogens is 3. The highest BCUT2D eigenvalue weighted by molar-refractivity contribution is 5.76. The summed E-state index contributed by atoms with van der Waals surface area (Å²) in [5, 5.41) is 7.82. The van der Waals surface area contributed by atoms with Gasteiger partial charge in [0.05, 0.1) is 5.69 Å². The fraction of sp³-hybridized carbons (Fsp3) is 0.440. The Balaban J connectivity index is 1.43. The van der Waals surface area contributed by atoms with Gasteiger partial charge in [-0.2, -0.15) is 5.10 Å². The molecular formula is C25H31N5O2. The quantitative estimate of drug-likeness (QED) is 0.647. The summed E-state index contributed by atoms with van der Waals surface area (Å²) in [5.74, 6) is 0.390. The second-order valence-corrected chi connectivity index (χ2v) is 8.81. The van der Waals surface area contributed by atoms with E-state index < -0.39 is 0 Å². The van der Waals surface area contributed by atoms with Gasteiger partial charge in [-0.05, 0) is 44.7 Å². The summed E-state index contributed by atoms with van der Waals surface area (Å²) in [6.45, 7) is 9.73. The number of carbonyl (C=O) groups is 2. The largest absolute Gasteiger partial charge is 0.352 e. The molecule has 1 aliphatic rings. The minimum absolute atomic E-state index is 0.0286. The van der Waals surface area contributed by atoms with E-state index in [0.29, 0.717) is 25.9 Å². The van der Waals surface area contributed by atoms with Crippen molar-refractivity contribution < 1.29 is 9.59 Å². The first-order valence-electron chi connectivity index (χ1n) is 11.3. The van der Waals surface area contributed by atoms with Crippen molar-refractivity contribution in [3.8, 4) is 0 Å². The van der Waals surface area contributed by atoms with E-state index in [4.69, 9.17) is 10.1 Å². The molecule has 1 N–H and O–H groups in total. The zero-order chi connectivity index (χ0) is 22.8. The first kappa shape index (κ1) is 22.0. The number of carbonyl (C=O) groups excluding carboxylic acids is 2. The lowest BCUT2D eigenvalue weighted by atomic mass is 10.1. The van der Waals surface area contributed by atoms with Gasteiger partial charge in [0.2, 0.25) is 11.8 Å². The van der Waals surface area contributed by atoms with E-state index in [2.05, 4.69) is 24.4 Å². The maximum absolute atomic E-state index is 12.4. The second-order valence-electron chi connectivity index (χ2n) is 8.81. The van der Waals surface area contributed by atoms with Crippen LogP contribution in [0.25, 0.3) is 5.65 Å². The topological polar surface area (TPSA) is 79.6 Å². The van der Waals surface area contributed by atoms with E-state index in [1.165, 1.54) is 5.56 Å². The Morgan fingerprint density at radius 3 is 2.59 bits per heavy atom. The first-order valence-corrected chi connectivity index (χ1v) is 11.3. The number of nitrogens with zero attached hydrogens (tertiary/aromatic N) is 4. The molecule has 0 saturated carbocycles. The average molecular weight is 434 g/mol. The smallest absolute Gasteiger partial charge is 0.220 e. The summed E-state index contributed by atoms with van der Waals surface area (Å²) in [7, 11) is 0. The van der Waals surface area contributed by atoms with Gasteiger partial charge in [0, 0.05) is 56.4 Å². The van der Waals surface area contributed by atoms with Gasteiger partial charge < -0.3 is 10.2 Å². The van der Waals surface area contributed by atoms with Gasteiger partial charge in [-0.1, -0.05) is 29.8 Å². The zero-order valence-corrected chi connectivity index (χ0v) is 19.3. The molecule has 168 valence electrons. The van der Waals surface area contributed by atoms with Crippen LogP contribution in [0.1, 0.15) is 59.5 Å². The SMILES string of the molecule is CC(=O)N1CC[C@H](c2cc3nc(C)c(CCC(=O)NCc4ccc(C)cc4)c(C)n3n2)C1. The van der Waals surface area contributed by atoms with Crippen molar-refractivity contribution in [2.45, 2.75) is 59.4 Å². The number of fused-ring (bicyclic) bond motifs is 1. The molecule has 2 aromatic heterocycles. The number of hydrogen-bond acceptors (Lipinski definition) is 4. The van der Waals surface area contributed by atoms with Crippen LogP contribution in [0.5, 0.6) is 0 Å². The summed E-state index contributed by atoms with van der Waals surface area (Å²) in [4.78, 5) is 30.7. The van der Waals surface area contributed by atoms with Crippen molar-refractivity contribution in [1.29, 1.82) is 0 Å². The van der Waals surface area contributed by atoms with Crippen LogP contribution in [0, 0.1) is 20.8 Å². The first-order chi connectivity index (χ1) is 15.3. The summed E-state index contributed by atoms with van der Waals surface area (Å²) in [5.41, 5.74) is 7.13. The normalized spacial score (nSPS) is 16.0. The number of hydrogen-bond donors (Lipinski definition) is 1. The fourth-order valence-corrected chi connectivity index (χ4v) is 4.43. The van der Waals surface area contributed by atoms with Gasteiger partial charge in [-0.3, -0.25) is 9.59 Å². The highest BCUT2D eigenvalue weighted by Gasteiger charge is 2.28. The van der Waals surface area contributed by atoms with Crippen LogP contribution in [-0.4, -0.2) is 44.4 Å². The average Bonchev–Trinajstić information content (AvgIpc) is 3.40. The number of benzene rings is 1. The van der Waals surface area contributed by atoms with Gasteiger partial charge in [0.1, 0.15) is 0 Å². The molecule has 2 amide bonds. The van der Waals surface area contributed by atoms with Gasteiger partial charge >= 0.3 is 0 Å². The summed E-state index contributed by atoms with van der Waals surface area (Å²) < 4.78 is 1.89. The van der Waals surface area contributed by atoms with Gasteiger partial charge in [-0.25, -0.2) is 9.50 Å². The number of rotatable bonds is 6. The Labute approximate surface area is 188 Å².